The highest BCUT2D eigenvalue weighted by molar-refractivity contribution is 5.90. The van der Waals surface area contributed by atoms with Crippen LogP contribution in [-0.4, -0.2) is 11.1 Å². The first-order chi connectivity index (χ1) is 23.1. The molecule has 0 spiro atoms. The van der Waals surface area contributed by atoms with Gasteiger partial charge in [0.1, 0.15) is 35.1 Å². The minimum absolute atomic E-state index is 0.0628. The fourth-order valence-corrected chi connectivity index (χ4v) is 6.66. The van der Waals surface area contributed by atoms with Gasteiger partial charge in [-0.05, 0) is 96.0 Å². The van der Waals surface area contributed by atoms with Crippen molar-refractivity contribution in [2.45, 2.75) is 59.3 Å². The van der Waals surface area contributed by atoms with Crippen LogP contribution >= 0.6 is 0 Å². The van der Waals surface area contributed by atoms with E-state index in [0.29, 0.717) is 39.7 Å². The van der Waals surface area contributed by atoms with Crippen molar-refractivity contribution in [2.24, 2.45) is 0 Å². The second kappa shape index (κ2) is 14.3. The summed E-state index contributed by atoms with van der Waals surface area (Å²) in [6.45, 7) is 12.5. The van der Waals surface area contributed by atoms with E-state index in [2.05, 4.69) is 53.7 Å². The molecule has 5 aromatic carbocycles. The van der Waals surface area contributed by atoms with Gasteiger partial charge in [0.2, 0.25) is 0 Å². The number of aromatic carboxylic acids is 1. The monoisotopic (exact) mass is 634 g/mol. The van der Waals surface area contributed by atoms with Crippen LogP contribution in [0, 0.1) is 36.5 Å². The van der Waals surface area contributed by atoms with Gasteiger partial charge >= 0.3 is 5.97 Å². The summed E-state index contributed by atoms with van der Waals surface area (Å²) in [4.78, 5) is 12.7. The van der Waals surface area contributed by atoms with Crippen LogP contribution in [0.4, 0.5) is 0 Å². The summed E-state index contributed by atoms with van der Waals surface area (Å²) in [5.41, 5.74) is 7.62. The molecule has 6 heteroatoms. The van der Waals surface area contributed by atoms with Crippen molar-refractivity contribution >= 4 is 5.97 Å². The molecule has 0 aliphatic rings. The van der Waals surface area contributed by atoms with Crippen molar-refractivity contribution in [1.82, 2.24) is 0 Å². The molecular formula is C42H38N2O4. The molecule has 0 amide bonds. The number of benzene rings is 5. The Bertz CT molecular complexity index is 1960. The van der Waals surface area contributed by atoms with Gasteiger partial charge in [-0.25, -0.2) is 4.79 Å². The maximum Gasteiger partial charge on any atom is 0.335 e. The van der Waals surface area contributed by atoms with E-state index in [1.165, 1.54) is 0 Å². The van der Waals surface area contributed by atoms with Crippen molar-refractivity contribution in [3.8, 4) is 35.1 Å². The van der Waals surface area contributed by atoms with E-state index in [1.807, 2.05) is 48.5 Å². The Labute approximate surface area is 282 Å². The van der Waals surface area contributed by atoms with E-state index >= 15 is 0 Å². The van der Waals surface area contributed by atoms with E-state index in [-0.39, 0.29) is 17.4 Å². The first kappa shape index (κ1) is 33.5. The first-order valence-corrected chi connectivity index (χ1v) is 16.0. The zero-order valence-corrected chi connectivity index (χ0v) is 28.0. The average Bonchev–Trinajstić information content (AvgIpc) is 3.07. The predicted octanol–water partition coefficient (Wildman–Crippen LogP) is 10.8. The van der Waals surface area contributed by atoms with E-state index in [1.54, 1.807) is 48.5 Å². The summed E-state index contributed by atoms with van der Waals surface area (Å²) < 4.78 is 12.8. The molecule has 0 fully saturated rings. The normalized spacial score (nSPS) is 11.0. The molecule has 0 saturated carbocycles. The van der Waals surface area contributed by atoms with Gasteiger partial charge in [-0.2, -0.15) is 10.5 Å². The van der Waals surface area contributed by atoms with Gasteiger partial charge in [0, 0.05) is 17.0 Å². The lowest BCUT2D eigenvalue weighted by Crippen LogP contribution is -2.15. The van der Waals surface area contributed by atoms with Gasteiger partial charge in [-0.15, -0.1) is 0 Å². The molecule has 0 atom stereocenters. The number of carbonyl (C=O) groups is 1. The lowest BCUT2D eigenvalue weighted by molar-refractivity contribution is 0.0695. The highest BCUT2D eigenvalue weighted by atomic mass is 16.5. The number of carboxylic acid groups (broad SMARTS) is 1. The molecule has 0 unspecified atom stereocenters. The summed E-state index contributed by atoms with van der Waals surface area (Å²) >= 11 is 0. The average molecular weight is 635 g/mol. The molecule has 0 bridgehead atoms. The second-order valence-electron chi connectivity index (χ2n) is 12.4. The molecule has 5 rings (SSSR count). The van der Waals surface area contributed by atoms with Crippen LogP contribution in [0.2, 0.25) is 0 Å². The van der Waals surface area contributed by atoms with Crippen LogP contribution in [0.1, 0.15) is 106 Å². The summed E-state index contributed by atoms with van der Waals surface area (Å²) in [6, 6.07) is 33.8. The van der Waals surface area contributed by atoms with E-state index in [4.69, 9.17) is 9.47 Å². The van der Waals surface area contributed by atoms with Crippen molar-refractivity contribution in [3.05, 3.63) is 153 Å². The molecule has 240 valence electrons. The zero-order chi connectivity index (χ0) is 34.5. The Kier molecular flexibility index (Phi) is 9.97. The number of hydrogen-bond donors (Lipinski definition) is 1. The first-order valence-electron chi connectivity index (χ1n) is 16.0. The molecule has 0 saturated heterocycles. The quantitative estimate of drug-likeness (QED) is 0.153. The number of rotatable bonds is 10. The van der Waals surface area contributed by atoms with Crippen molar-refractivity contribution < 1.29 is 19.4 Å². The molecule has 0 aliphatic carbocycles. The third kappa shape index (κ3) is 6.52. The minimum Gasteiger partial charge on any atom is -0.478 e. The minimum atomic E-state index is -1.000. The number of para-hydroxylation sites is 2. The molecule has 6 nitrogen and oxygen atoms in total. The summed E-state index contributed by atoms with van der Waals surface area (Å²) in [6.07, 6.45) is 0. The Morgan fingerprint density at radius 3 is 1.42 bits per heavy atom. The third-order valence-electron chi connectivity index (χ3n) is 8.77. The number of ether oxygens (including phenoxy) is 2. The van der Waals surface area contributed by atoms with E-state index in [9.17, 15) is 20.4 Å². The lowest BCUT2D eigenvalue weighted by atomic mass is 9.76. The van der Waals surface area contributed by atoms with Crippen molar-refractivity contribution in [1.29, 1.82) is 10.5 Å². The zero-order valence-electron chi connectivity index (χ0n) is 28.0. The van der Waals surface area contributed by atoms with Crippen molar-refractivity contribution in [3.63, 3.8) is 0 Å². The smallest absolute Gasteiger partial charge is 0.335 e. The Morgan fingerprint density at radius 1 is 0.583 bits per heavy atom. The molecule has 0 aliphatic heterocycles. The predicted molar refractivity (Wildman–Crippen MR) is 187 cm³/mol. The highest BCUT2D eigenvalue weighted by Gasteiger charge is 2.29. The van der Waals surface area contributed by atoms with Crippen LogP contribution in [0.15, 0.2) is 97.1 Å². The topological polar surface area (TPSA) is 103 Å². The van der Waals surface area contributed by atoms with Gasteiger partial charge in [-0.3, -0.25) is 0 Å². The van der Waals surface area contributed by atoms with E-state index < -0.39 is 11.9 Å². The van der Waals surface area contributed by atoms with Gasteiger partial charge in [0.05, 0.1) is 16.7 Å². The Balaban J connectivity index is 1.75. The number of carboxylic acids is 1. The Morgan fingerprint density at radius 2 is 1.00 bits per heavy atom. The largest absolute Gasteiger partial charge is 0.478 e. The van der Waals surface area contributed by atoms with Crippen LogP contribution in [0.5, 0.6) is 23.0 Å². The molecule has 0 heterocycles. The third-order valence-corrected chi connectivity index (χ3v) is 8.77. The summed E-state index contributed by atoms with van der Waals surface area (Å²) in [7, 11) is 0. The number of nitrogens with zero attached hydrogens (tertiary/aromatic N) is 2. The van der Waals surface area contributed by atoms with E-state index in [0.717, 1.165) is 33.4 Å². The summed E-state index contributed by atoms with van der Waals surface area (Å²) in [5, 5.41) is 29.7. The molecule has 1 N–H and O–H groups in total. The highest BCUT2D eigenvalue weighted by Crippen LogP contribution is 2.45. The van der Waals surface area contributed by atoms with Crippen molar-refractivity contribution in [2.75, 3.05) is 0 Å². The molecule has 0 radical (unpaired) electrons. The molecular weight excluding hydrogens is 596 g/mol. The number of hydrogen-bond acceptors (Lipinski definition) is 5. The van der Waals surface area contributed by atoms with Crippen LogP contribution in [0.3, 0.4) is 0 Å². The second-order valence-corrected chi connectivity index (χ2v) is 12.4. The fourth-order valence-electron chi connectivity index (χ4n) is 6.66. The molecule has 5 aromatic rings. The summed E-state index contributed by atoms with van der Waals surface area (Å²) in [5.74, 6) is 0.951. The fraction of sp³-hybridized carbons (Fsp3) is 0.214. The van der Waals surface area contributed by atoms with Gasteiger partial charge in [0.15, 0.2) is 0 Å². The maximum atomic E-state index is 12.7. The lowest BCUT2D eigenvalue weighted by Gasteiger charge is -2.29. The maximum absolute atomic E-state index is 12.7. The van der Waals surface area contributed by atoms with Gasteiger partial charge in [-0.1, -0.05) is 82.3 Å². The van der Waals surface area contributed by atoms with Gasteiger partial charge in [0.25, 0.3) is 0 Å². The van der Waals surface area contributed by atoms with Crippen LogP contribution < -0.4 is 9.47 Å². The molecule has 0 aromatic heterocycles. The van der Waals surface area contributed by atoms with Crippen LogP contribution in [-0.2, 0) is 0 Å². The SMILES string of the molecule is Cc1c(C(c2ccccc2C(=O)O)c2ccc(Oc3ccccc3C#N)c(C(C)C)c2C)ccc(Oc2ccccc2C#N)c1C(C)C. The van der Waals surface area contributed by atoms with Crippen LogP contribution in [0.25, 0.3) is 0 Å². The van der Waals surface area contributed by atoms with Gasteiger partial charge < -0.3 is 14.6 Å². The standard InChI is InChI=1S/C42H38N2O4/c1-25(2)39-27(5)31(19-21-37(39)47-35-17-11-7-13-29(35)23-43)41(33-15-9-10-16-34(33)42(45)46)32-20-22-38(40(26(3)4)28(32)6)48-36-18-12-8-14-30(36)24-44/h7-22,25-26,41H,1-6H3,(H,45,46). The Hall–Kier alpha value is -5.85. The number of nitriles is 2. The molecule has 48 heavy (non-hydrogen) atoms.